The Kier molecular flexibility index (Phi) is 3.39. The minimum atomic E-state index is -0.244. The lowest BCUT2D eigenvalue weighted by Crippen LogP contribution is -2.02. The standard InChI is InChI=1S/C20H15FN2/c21-17-11-12-18-19(13-17)23(14-15-7-3-1-4-8-15)20(22-18)16-9-5-2-6-10-16/h1-13H,14H2. The predicted molar refractivity (Wildman–Crippen MR) is 90.7 cm³/mol. The zero-order valence-electron chi connectivity index (χ0n) is 12.5. The van der Waals surface area contributed by atoms with Crippen molar-refractivity contribution in [2.75, 3.05) is 0 Å². The number of nitrogens with zero attached hydrogens (tertiary/aromatic N) is 2. The number of hydrogen-bond donors (Lipinski definition) is 0. The molecule has 4 rings (SSSR count). The van der Waals surface area contributed by atoms with Crippen LogP contribution in [0.5, 0.6) is 0 Å². The van der Waals surface area contributed by atoms with Crippen molar-refractivity contribution in [1.29, 1.82) is 0 Å². The highest BCUT2D eigenvalue weighted by molar-refractivity contribution is 5.80. The first-order chi connectivity index (χ1) is 11.3. The molecule has 0 aliphatic heterocycles. The summed E-state index contributed by atoms with van der Waals surface area (Å²) in [6.45, 7) is 0.658. The molecule has 0 aliphatic rings. The van der Waals surface area contributed by atoms with Crippen LogP contribution < -0.4 is 0 Å². The van der Waals surface area contributed by atoms with Crippen LogP contribution in [0.1, 0.15) is 5.56 Å². The highest BCUT2D eigenvalue weighted by atomic mass is 19.1. The van der Waals surface area contributed by atoms with E-state index in [1.165, 1.54) is 6.07 Å². The smallest absolute Gasteiger partial charge is 0.141 e. The van der Waals surface area contributed by atoms with E-state index >= 15 is 0 Å². The molecule has 1 aromatic heterocycles. The number of hydrogen-bond acceptors (Lipinski definition) is 1. The van der Waals surface area contributed by atoms with Crippen LogP contribution in [-0.4, -0.2) is 9.55 Å². The Hall–Kier alpha value is -2.94. The van der Waals surface area contributed by atoms with E-state index in [4.69, 9.17) is 4.98 Å². The van der Waals surface area contributed by atoms with Gasteiger partial charge in [-0.1, -0.05) is 60.7 Å². The van der Waals surface area contributed by atoms with Gasteiger partial charge in [-0.25, -0.2) is 9.37 Å². The van der Waals surface area contributed by atoms with Gasteiger partial charge < -0.3 is 4.57 Å². The van der Waals surface area contributed by atoms with E-state index in [1.807, 2.05) is 48.5 Å². The van der Waals surface area contributed by atoms with E-state index in [-0.39, 0.29) is 5.82 Å². The SMILES string of the molecule is Fc1ccc2nc(-c3ccccc3)n(Cc3ccccc3)c2c1. The number of imidazole rings is 1. The summed E-state index contributed by atoms with van der Waals surface area (Å²) in [5.74, 6) is 0.612. The third-order valence-electron chi connectivity index (χ3n) is 3.93. The molecule has 3 aromatic carbocycles. The lowest BCUT2D eigenvalue weighted by molar-refractivity contribution is 0.628. The summed E-state index contributed by atoms with van der Waals surface area (Å²) in [5, 5.41) is 0. The van der Waals surface area contributed by atoms with Crippen LogP contribution in [-0.2, 0) is 6.54 Å². The first-order valence-corrected chi connectivity index (χ1v) is 7.56. The molecule has 0 aliphatic carbocycles. The maximum absolute atomic E-state index is 13.7. The summed E-state index contributed by atoms with van der Waals surface area (Å²) in [4.78, 5) is 4.72. The van der Waals surface area contributed by atoms with E-state index in [9.17, 15) is 4.39 Å². The number of aromatic nitrogens is 2. The molecule has 112 valence electrons. The fraction of sp³-hybridized carbons (Fsp3) is 0.0500. The summed E-state index contributed by atoms with van der Waals surface area (Å²) < 4.78 is 15.8. The maximum Gasteiger partial charge on any atom is 0.141 e. The Labute approximate surface area is 133 Å². The second kappa shape index (κ2) is 5.69. The predicted octanol–water partition coefficient (Wildman–Crippen LogP) is 4.89. The van der Waals surface area contributed by atoms with Crippen LogP contribution in [0.25, 0.3) is 22.4 Å². The molecule has 0 atom stereocenters. The van der Waals surface area contributed by atoms with Gasteiger partial charge in [0.05, 0.1) is 11.0 Å². The number of halogens is 1. The third-order valence-corrected chi connectivity index (χ3v) is 3.93. The van der Waals surface area contributed by atoms with Crippen LogP contribution in [0.2, 0.25) is 0 Å². The first kappa shape index (κ1) is 13.7. The summed E-state index contributed by atoms with van der Waals surface area (Å²) in [6.07, 6.45) is 0. The molecular weight excluding hydrogens is 287 g/mol. The third kappa shape index (κ3) is 2.61. The number of rotatable bonds is 3. The van der Waals surface area contributed by atoms with Crippen molar-refractivity contribution >= 4 is 11.0 Å². The van der Waals surface area contributed by atoms with Crippen LogP contribution >= 0.6 is 0 Å². The summed E-state index contributed by atoms with van der Waals surface area (Å²) >= 11 is 0. The number of benzene rings is 3. The second-order valence-corrected chi connectivity index (χ2v) is 5.51. The average Bonchev–Trinajstić information content (AvgIpc) is 2.95. The Morgan fingerprint density at radius 3 is 2.26 bits per heavy atom. The zero-order chi connectivity index (χ0) is 15.6. The van der Waals surface area contributed by atoms with Gasteiger partial charge >= 0.3 is 0 Å². The quantitative estimate of drug-likeness (QED) is 0.527. The molecule has 0 radical (unpaired) electrons. The van der Waals surface area contributed by atoms with Crippen LogP contribution in [0.15, 0.2) is 78.9 Å². The minimum Gasteiger partial charge on any atom is -0.319 e. The molecular formula is C20H15FN2. The van der Waals surface area contributed by atoms with Crippen molar-refractivity contribution < 1.29 is 4.39 Å². The van der Waals surface area contributed by atoms with Crippen molar-refractivity contribution in [3.05, 3.63) is 90.2 Å². The minimum absolute atomic E-state index is 0.244. The molecule has 0 spiro atoms. The largest absolute Gasteiger partial charge is 0.319 e. The zero-order valence-corrected chi connectivity index (χ0v) is 12.5. The molecule has 0 amide bonds. The fourth-order valence-corrected chi connectivity index (χ4v) is 2.83. The summed E-state index contributed by atoms with van der Waals surface area (Å²) in [6, 6.07) is 24.9. The van der Waals surface area contributed by atoms with Crippen molar-refractivity contribution in [1.82, 2.24) is 9.55 Å². The normalized spacial score (nSPS) is 11.0. The molecule has 0 saturated heterocycles. The molecule has 0 fully saturated rings. The molecule has 2 nitrogen and oxygen atoms in total. The maximum atomic E-state index is 13.7. The van der Waals surface area contributed by atoms with Gasteiger partial charge in [-0.05, 0) is 23.8 Å². The topological polar surface area (TPSA) is 17.8 Å². The Balaban J connectivity index is 1.93. The van der Waals surface area contributed by atoms with E-state index in [0.29, 0.717) is 6.54 Å². The fourth-order valence-electron chi connectivity index (χ4n) is 2.83. The van der Waals surface area contributed by atoms with Crippen LogP contribution in [0.3, 0.4) is 0 Å². The summed E-state index contributed by atoms with van der Waals surface area (Å²) in [5.41, 5.74) is 3.81. The Bertz CT molecular complexity index is 943. The van der Waals surface area contributed by atoms with Gasteiger partial charge in [-0.2, -0.15) is 0 Å². The van der Waals surface area contributed by atoms with Crippen molar-refractivity contribution in [3.8, 4) is 11.4 Å². The lowest BCUT2D eigenvalue weighted by atomic mass is 10.2. The Morgan fingerprint density at radius 1 is 0.826 bits per heavy atom. The van der Waals surface area contributed by atoms with Crippen molar-refractivity contribution in [3.63, 3.8) is 0 Å². The monoisotopic (exact) mass is 302 g/mol. The molecule has 0 bridgehead atoms. The molecule has 0 saturated carbocycles. The first-order valence-electron chi connectivity index (χ1n) is 7.56. The van der Waals surface area contributed by atoms with E-state index in [1.54, 1.807) is 12.1 Å². The van der Waals surface area contributed by atoms with Gasteiger partial charge in [0.25, 0.3) is 0 Å². The molecule has 4 aromatic rings. The average molecular weight is 302 g/mol. The molecule has 0 unspecified atom stereocenters. The van der Waals surface area contributed by atoms with E-state index in [0.717, 1.165) is 28.0 Å². The van der Waals surface area contributed by atoms with Gasteiger partial charge in [-0.3, -0.25) is 0 Å². The van der Waals surface area contributed by atoms with Gasteiger partial charge in [0.1, 0.15) is 11.6 Å². The molecule has 3 heteroatoms. The van der Waals surface area contributed by atoms with E-state index < -0.39 is 0 Å². The number of fused-ring (bicyclic) bond motifs is 1. The van der Waals surface area contributed by atoms with Gasteiger partial charge in [0.15, 0.2) is 0 Å². The molecule has 23 heavy (non-hydrogen) atoms. The van der Waals surface area contributed by atoms with E-state index in [2.05, 4.69) is 16.7 Å². The molecule has 1 heterocycles. The summed E-state index contributed by atoms with van der Waals surface area (Å²) in [7, 11) is 0. The van der Waals surface area contributed by atoms with Gasteiger partial charge in [-0.15, -0.1) is 0 Å². The van der Waals surface area contributed by atoms with Crippen molar-refractivity contribution in [2.45, 2.75) is 6.54 Å². The highest BCUT2D eigenvalue weighted by Gasteiger charge is 2.13. The Morgan fingerprint density at radius 2 is 1.52 bits per heavy atom. The van der Waals surface area contributed by atoms with Crippen LogP contribution in [0.4, 0.5) is 4.39 Å². The molecule has 0 N–H and O–H groups in total. The van der Waals surface area contributed by atoms with Crippen molar-refractivity contribution in [2.24, 2.45) is 0 Å². The van der Waals surface area contributed by atoms with Crippen LogP contribution in [0, 0.1) is 5.82 Å². The lowest BCUT2D eigenvalue weighted by Gasteiger charge is -2.09. The van der Waals surface area contributed by atoms with Gasteiger partial charge in [0, 0.05) is 12.1 Å². The highest BCUT2D eigenvalue weighted by Crippen LogP contribution is 2.26. The van der Waals surface area contributed by atoms with Gasteiger partial charge in [0.2, 0.25) is 0 Å². The second-order valence-electron chi connectivity index (χ2n) is 5.51.